The second-order valence-corrected chi connectivity index (χ2v) is 8.19. The third-order valence-corrected chi connectivity index (χ3v) is 5.06. The number of phenolic OH excluding ortho intramolecular Hbond substituents is 4. The molecule has 40 heavy (non-hydrogen) atoms. The van der Waals surface area contributed by atoms with E-state index in [4.69, 9.17) is 18.9 Å². The van der Waals surface area contributed by atoms with E-state index < -0.39 is 0 Å². The number of hydrogen-bond donors (Lipinski definition) is 6. The third-order valence-electron chi connectivity index (χ3n) is 5.06. The van der Waals surface area contributed by atoms with Crippen LogP contribution in [0.5, 0.6) is 23.0 Å². The first-order valence-electron chi connectivity index (χ1n) is 12.6. The molecule has 12 nitrogen and oxygen atoms in total. The summed E-state index contributed by atoms with van der Waals surface area (Å²) in [6.07, 6.45) is 5.69. The fourth-order valence-electron chi connectivity index (χ4n) is 3.00. The maximum Gasteiger partial charge on any atom is 0.244 e. The van der Waals surface area contributed by atoms with Gasteiger partial charge in [-0.1, -0.05) is 12.1 Å². The largest absolute Gasteiger partial charge is 0.504 e. The van der Waals surface area contributed by atoms with Crippen molar-refractivity contribution in [2.75, 3.05) is 65.9 Å². The quantitative estimate of drug-likeness (QED) is 0.0839. The van der Waals surface area contributed by atoms with Crippen LogP contribution in [-0.4, -0.2) is 98.2 Å². The van der Waals surface area contributed by atoms with Crippen LogP contribution in [0.3, 0.4) is 0 Å². The second kappa shape index (κ2) is 19.0. The van der Waals surface area contributed by atoms with Gasteiger partial charge in [-0.05, 0) is 47.5 Å². The summed E-state index contributed by atoms with van der Waals surface area (Å²) in [5, 5.41) is 42.8. The molecule has 2 aromatic rings. The van der Waals surface area contributed by atoms with Gasteiger partial charge in [-0.15, -0.1) is 0 Å². The van der Waals surface area contributed by atoms with Crippen molar-refractivity contribution in [1.29, 1.82) is 0 Å². The van der Waals surface area contributed by atoms with Crippen LogP contribution in [0.1, 0.15) is 11.1 Å². The van der Waals surface area contributed by atoms with E-state index in [9.17, 15) is 30.0 Å². The molecule has 0 unspecified atom stereocenters. The molecule has 0 radical (unpaired) electrons. The van der Waals surface area contributed by atoms with E-state index in [0.29, 0.717) is 77.1 Å². The SMILES string of the molecule is O=C(/C=C/c1ccc(O)c(O)c1)NCCOCCOCCOCCOCCNC(=O)/C=C/c1ccc(O)c(O)c1. The molecule has 0 heterocycles. The summed E-state index contributed by atoms with van der Waals surface area (Å²) in [6, 6.07) is 8.53. The number of hydrogen-bond acceptors (Lipinski definition) is 10. The standard InChI is InChI=1S/C28H36N2O10/c31-23-5-1-21(19-25(23)33)3-7-27(35)29-9-11-37-13-15-39-17-18-40-16-14-38-12-10-30-28(36)8-4-22-2-6-24(32)26(34)20-22/h1-8,19-20,31-34H,9-18H2,(H,29,35)(H,30,36)/b7-3+,8-4+. The number of carbonyl (C=O) groups excluding carboxylic acids is 2. The van der Waals surface area contributed by atoms with Gasteiger partial charge in [0.15, 0.2) is 23.0 Å². The molecule has 0 fully saturated rings. The molecule has 6 N–H and O–H groups in total. The number of phenols is 4. The van der Waals surface area contributed by atoms with E-state index in [-0.39, 0.29) is 34.8 Å². The van der Waals surface area contributed by atoms with Gasteiger partial charge in [0.1, 0.15) is 0 Å². The Kier molecular flexibility index (Phi) is 15.3. The average molecular weight is 561 g/mol. The van der Waals surface area contributed by atoms with Crippen molar-refractivity contribution in [3.63, 3.8) is 0 Å². The monoisotopic (exact) mass is 560 g/mol. The van der Waals surface area contributed by atoms with E-state index in [2.05, 4.69) is 10.6 Å². The van der Waals surface area contributed by atoms with Gasteiger partial charge in [0.2, 0.25) is 11.8 Å². The van der Waals surface area contributed by atoms with Crippen molar-refractivity contribution >= 4 is 24.0 Å². The zero-order valence-corrected chi connectivity index (χ0v) is 22.1. The fourth-order valence-corrected chi connectivity index (χ4v) is 3.00. The van der Waals surface area contributed by atoms with E-state index >= 15 is 0 Å². The molecule has 0 aromatic heterocycles. The number of amides is 2. The number of ether oxygens (including phenoxy) is 4. The van der Waals surface area contributed by atoms with E-state index in [0.717, 1.165) is 0 Å². The van der Waals surface area contributed by atoms with Crippen LogP contribution < -0.4 is 10.6 Å². The summed E-state index contributed by atoms with van der Waals surface area (Å²) < 4.78 is 21.6. The van der Waals surface area contributed by atoms with E-state index in [1.54, 1.807) is 12.1 Å². The molecule has 2 aromatic carbocycles. The van der Waals surface area contributed by atoms with Gasteiger partial charge in [-0.3, -0.25) is 9.59 Å². The molecule has 2 rings (SSSR count). The minimum Gasteiger partial charge on any atom is -0.504 e. The molecule has 0 saturated heterocycles. The van der Waals surface area contributed by atoms with Crippen LogP contribution >= 0.6 is 0 Å². The lowest BCUT2D eigenvalue weighted by molar-refractivity contribution is -0.117. The number of aromatic hydroxyl groups is 4. The highest BCUT2D eigenvalue weighted by Gasteiger charge is 2.01. The zero-order chi connectivity index (χ0) is 29.0. The molecule has 0 atom stereocenters. The van der Waals surface area contributed by atoms with Crippen molar-refractivity contribution < 1.29 is 49.0 Å². The topological polar surface area (TPSA) is 176 Å². The van der Waals surface area contributed by atoms with Crippen molar-refractivity contribution in [3.8, 4) is 23.0 Å². The van der Waals surface area contributed by atoms with Crippen LogP contribution in [0.25, 0.3) is 12.2 Å². The van der Waals surface area contributed by atoms with Crippen LogP contribution in [-0.2, 0) is 28.5 Å². The lowest BCUT2D eigenvalue weighted by Gasteiger charge is -2.08. The Morgan fingerprint density at radius 1 is 0.550 bits per heavy atom. The van der Waals surface area contributed by atoms with Gasteiger partial charge in [0, 0.05) is 25.2 Å². The minimum absolute atomic E-state index is 0.223. The van der Waals surface area contributed by atoms with Crippen LogP contribution in [0, 0.1) is 0 Å². The highest BCUT2D eigenvalue weighted by molar-refractivity contribution is 5.92. The second-order valence-electron chi connectivity index (χ2n) is 8.19. The normalized spacial score (nSPS) is 11.3. The lowest BCUT2D eigenvalue weighted by Crippen LogP contribution is -2.26. The van der Waals surface area contributed by atoms with Gasteiger partial charge in [0.25, 0.3) is 0 Å². The first-order chi connectivity index (χ1) is 19.3. The maximum absolute atomic E-state index is 11.8. The van der Waals surface area contributed by atoms with Crippen molar-refractivity contribution in [2.45, 2.75) is 0 Å². The molecule has 0 aliphatic heterocycles. The third kappa shape index (κ3) is 14.2. The maximum atomic E-state index is 11.8. The predicted molar refractivity (Wildman–Crippen MR) is 147 cm³/mol. The first kappa shape index (κ1) is 32.1. The molecule has 0 bridgehead atoms. The first-order valence-corrected chi connectivity index (χ1v) is 12.6. The van der Waals surface area contributed by atoms with Crippen molar-refractivity contribution in [3.05, 3.63) is 59.7 Å². The minimum atomic E-state index is -0.306. The fraction of sp³-hybridized carbons (Fsp3) is 0.357. The number of nitrogens with one attached hydrogen (secondary N) is 2. The summed E-state index contributed by atoms with van der Waals surface area (Å²) in [7, 11) is 0. The van der Waals surface area contributed by atoms with Gasteiger partial charge < -0.3 is 50.0 Å². The Hall–Kier alpha value is -4.10. The van der Waals surface area contributed by atoms with Crippen LogP contribution in [0.2, 0.25) is 0 Å². The number of carbonyl (C=O) groups is 2. The van der Waals surface area contributed by atoms with Crippen LogP contribution in [0.4, 0.5) is 0 Å². The Morgan fingerprint density at radius 3 is 1.25 bits per heavy atom. The molecule has 0 spiro atoms. The zero-order valence-electron chi connectivity index (χ0n) is 22.1. The number of benzene rings is 2. The summed E-state index contributed by atoms with van der Waals surface area (Å²) in [5.74, 6) is -1.56. The lowest BCUT2D eigenvalue weighted by atomic mass is 10.2. The predicted octanol–water partition coefficient (Wildman–Crippen LogP) is 1.53. The summed E-state index contributed by atoms with van der Waals surface area (Å²) in [6.45, 7) is 3.65. The van der Waals surface area contributed by atoms with E-state index in [1.165, 1.54) is 48.6 Å². The Balaban J connectivity index is 1.34. The molecule has 2 amide bonds. The summed E-state index contributed by atoms with van der Waals surface area (Å²) >= 11 is 0. The molecule has 12 heteroatoms. The van der Waals surface area contributed by atoms with E-state index in [1.807, 2.05) is 0 Å². The number of rotatable bonds is 19. The molecule has 218 valence electrons. The Bertz CT molecular complexity index is 1030. The smallest absolute Gasteiger partial charge is 0.244 e. The Morgan fingerprint density at radius 2 is 0.900 bits per heavy atom. The average Bonchev–Trinajstić information content (AvgIpc) is 2.94. The highest BCUT2D eigenvalue weighted by atomic mass is 16.6. The highest BCUT2D eigenvalue weighted by Crippen LogP contribution is 2.26. The summed E-state index contributed by atoms with van der Waals surface area (Å²) in [4.78, 5) is 23.5. The van der Waals surface area contributed by atoms with Gasteiger partial charge in [-0.2, -0.15) is 0 Å². The van der Waals surface area contributed by atoms with Crippen LogP contribution in [0.15, 0.2) is 48.6 Å². The molecular weight excluding hydrogens is 524 g/mol. The Labute approximate surface area is 232 Å². The van der Waals surface area contributed by atoms with Gasteiger partial charge >= 0.3 is 0 Å². The molecule has 0 aliphatic rings. The summed E-state index contributed by atoms with van der Waals surface area (Å²) in [5.41, 5.74) is 1.16. The van der Waals surface area contributed by atoms with Crippen molar-refractivity contribution in [2.24, 2.45) is 0 Å². The van der Waals surface area contributed by atoms with Gasteiger partial charge in [0.05, 0.1) is 52.9 Å². The molecular formula is C28H36N2O10. The van der Waals surface area contributed by atoms with Crippen molar-refractivity contribution in [1.82, 2.24) is 10.6 Å². The molecule has 0 aliphatic carbocycles. The van der Waals surface area contributed by atoms with Gasteiger partial charge in [-0.25, -0.2) is 0 Å². The molecule has 0 saturated carbocycles.